The Kier molecular flexibility index (Phi) is 9.66. The van der Waals surface area contributed by atoms with Crippen LogP contribution in [0.25, 0.3) is 0 Å². The lowest BCUT2D eigenvalue weighted by molar-refractivity contribution is -0.125. The van der Waals surface area contributed by atoms with Crippen molar-refractivity contribution < 1.29 is 14.3 Å². The molecule has 2 aliphatic rings. The minimum Gasteiger partial charge on any atom is -0.383 e. The molecule has 148 valence electrons. The second-order valence-corrected chi connectivity index (χ2v) is 7.10. The number of hydrogen-bond acceptors (Lipinski definition) is 5. The smallest absolute Gasteiger partial charge is 0.234 e. The van der Waals surface area contributed by atoms with E-state index in [0.717, 1.165) is 39.1 Å². The van der Waals surface area contributed by atoms with Crippen molar-refractivity contribution in [3.63, 3.8) is 0 Å². The first-order valence-corrected chi connectivity index (χ1v) is 9.82. The number of methoxy groups -OCH3 is 1. The van der Waals surface area contributed by atoms with Gasteiger partial charge >= 0.3 is 0 Å². The minimum absolute atomic E-state index is 0.0326. The zero-order chi connectivity index (χ0) is 18.6. The zero-order valence-electron chi connectivity index (χ0n) is 16.1. The third-order valence-corrected chi connectivity index (χ3v) is 4.98. The molecule has 1 aliphatic carbocycles. The summed E-state index contributed by atoms with van der Waals surface area (Å²) in [6.07, 6.45) is 8.29. The van der Waals surface area contributed by atoms with Crippen LogP contribution in [0.4, 0.5) is 0 Å². The van der Waals surface area contributed by atoms with E-state index in [1.165, 1.54) is 31.3 Å². The summed E-state index contributed by atoms with van der Waals surface area (Å²) < 4.78 is 4.92. The lowest BCUT2D eigenvalue weighted by atomic mass is 9.97. The molecule has 0 bridgehead atoms. The van der Waals surface area contributed by atoms with E-state index in [0.29, 0.717) is 26.2 Å². The van der Waals surface area contributed by atoms with Gasteiger partial charge in [0.2, 0.25) is 11.8 Å². The van der Waals surface area contributed by atoms with E-state index in [1.807, 2.05) is 0 Å². The van der Waals surface area contributed by atoms with Crippen molar-refractivity contribution in [2.24, 2.45) is 0 Å². The number of rotatable bonds is 10. The largest absolute Gasteiger partial charge is 0.383 e. The summed E-state index contributed by atoms with van der Waals surface area (Å²) in [5.74, 6) is 0.137. The molecule has 2 N–H and O–H groups in total. The molecule has 1 saturated heterocycles. The average molecular weight is 367 g/mol. The van der Waals surface area contributed by atoms with Gasteiger partial charge < -0.3 is 15.4 Å². The van der Waals surface area contributed by atoms with Crippen LogP contribution in [-0.2, 0) is 14.3 Å². The van der Waals surface area contributed by atoms with Crippen LogP contribution in [0.3, 0.4) is 0 Å². The van der Waals surface area contributed by atoms with Crippen LogP contribution in [0.2, 0.25) is 0 Å². The predicted molar refractivity (Wildman–Crippen MR) is 102 cm³/mol. The first kappa shape index (κ1) is 20.9. The number of carbonyl (C=O) groups excluding carboxylic acids is 2. The van der Waals surface area contributed by atoms with Gasteiger partial charge in [-0.1, -0.05) is 11.6 Å². The minimum atomic E-state index is 0.0326. The number of ether oxygens (including phenoxy) is 1. The Morgan fingerprint density at radius 2 is 1.62 bits per heavy atom. The monoisotopic (exact) mass is 366 g/mol. The van der Waals surface area contributed by atoms with Crippen molar-refractivity contribution in [3.8, 4) is 0 Å². The normalized spacial score (nSPS) is 19.0. The summed E-state index contributed by atoms with van der Waals surface area (Å²) in [7, 11) is 1.62. The van der Waals surface area contributed by atoms with Crippen LogP contribution in [0.5, 0.6) is 0 Å². The summed E-state index contributed by atoms with van der Waals surface area (Å²) >= 11 is 0. The second kappa shape index (κ2) is 12.0. The summed E-state index contributed by atoms with van der Waals surface area (Å²) in [6.45, 7) is 5.97. The molecule has 2 rings (SSSR count). The summed E-state index contributed by atoms with van der Waals surface area (Å²) in [5.41, 5.74) is 1.49. The van der Waals surface area contributed by atoms with Gasteiger partial charge in [-0.15, -0.1) is 0 Å². The molecule has 7 nitrogen and oxygen atoms in total. The van der Waals surface area contributed by atoms with Gasteiger partial charge in [0.05, 0.1) is 19.7 Å². The number of piperazine rings is 1. The number of carbonyl (C=O) groups is 2. The molecule has 26 heavy (non-hydrogen) atoms. The molecule has 0 aromatic carbocycles. The van der Waals surface area contributed by atoms with Crippen LogP contribution in [-0.4, -0.2) is 87.7 Å². The summed E-state index contributed by atoms with van der Waals surface area (Å²) in [4.78, 5) is 28.2. The molecule has 0 saturated carbocycles. The van der Waals surface area contributed by atoms with Crippen molar-refractivity contribution in [1.82, 2.24) is 20.4 Å². The SMILES string of the molecule is COCCNC(=O)CN1CCN(CC(=O)NCCC2=CCCCC2)CC1. The maximum absolute atomic E-state index is 12.1. The Morgan fingerprint density at radius 3 is 2.15 bits per heavy atom. The molecule has 1 heterocycles. The molecule has 0 aromatic heterocycles. The van der Waals surface area contributed by atoms with Crippen LogP contribution in [0, 0.1) is 0 Å². The fourth-order valence-corrected chi connectivity index (χ4v) is 3.41. The molecule has 0 aromatic rings. The Hall–Kier alpha value is -1.44. The zero-order valence-corrected chi connectivity index (χ0v) is 16.1. The number of allylic oxidation sites excluding steroid dienone is 1. The van der Waals surface area contributed by atoms with E-state index in [2.05, 4.69) is 26.5 Å². The molecule has 0 radical (unpaired) electrons. The highest BCUT2D eigenvalue weighted by Crippen LogP contribution is 2.19. The number of amides is 2. The van der Waals surface area contributed by atoms with Crippen molar-refractivity contribution in [3.05, 3.63) is 11.6 Å². The van der Waals surface area contributed by atoms with Gasteiger partial charge in [-0.25, -0.2) is 0 Å². The van der Waals surface area contributed by atoms with Crippen LogP contribution in [0.1, 0.15) is 32.1 Å². The topological polar surface area (TPSA) is 73.9 Å². The summed E-state index contributed by atoms with van der Waals surface area (Å²) in [6, 6.07) is 0. The van der Waals surface area contributed by atoms with Gasteiger partial charge in [-0.2, -0.15) is 0 Å². The van der Waals surface area contributed by atoms with E-state index in [-0.39, 0.29) is 11.8 Å². The molecule has 1 fully saturated rings. The van der Waals surface area contributed by atoms with Gasteiger partial charge in [-0.3, -0.25) is 19.4 Å². The van der Waals surface area contributed by atoms with Gasteiger partial charge in [0.15, 0.2) is 0 Å². The molecule has 7 heteroatoms. The lowest BCUT2D eigenvalue weighted by Gasteiger charge is -2.33. The van der Waals surface area contributed by atoms with Crippen molar-refractivity contribution in [1.29, 1.82) is 0 Å². The van der Waals surface area contributed by atoms with Crippen molar-refractivity contribution in [2.45, 2.75) is 32.1 Å². The highest BCUT2D eigenvalue weighted by molar-refractivity contribution is 5.78. The fraction of sp³-hybridized carbons (Fsp3) is 0.789. The van der Waals surface area contributed by atoms with Gasteiger partial charge in [0.25, 0.3) is 0 Å². The van der Waals surface area contributed by atoms with Gasteiger partial charge in [0.1, 0.15) is 0 Å². The molecule has 2 amide bonds. The Labute approximate surface area is 157 Å². The fourth-order valence-electron chi connectivity index (χ4n) is 3.41. The van der Waals surface area contributed by atoms with Gasteiger partial charge in [-0.05, 0) is 32.1 Å². The molecule has 1 aliphatic heterocycles. The molecular formula is C19H34N4O3. The van der Waals surface area contributed by atoms with E-state index >= 15 is 0 Å². The van der Waals surface area contributed by atoms with Gasteiger partial charge in [0, 0.05) is 46.4 Å². The van der Waals surface area contributed by atoms with E-state index < -0.39 is 0 Å². The Bertz CT molecular complexity index is 473. The standard InChI is InChI=1S/C19H34N4O3/c1-26-14-9-21-19(25)16-23-12-10-22(11-13-23)15-18(24)20-8-7-17-5-3-2-4-6-17/h5H,2-4,6-16H2,1H3,(H,20,24)(H,21,25). The molecular weight excluding hydrogens is 332 g/mol. The highest BCUT2D eigenvalue weighted by atomic mass is 16.5. The second-order valence-electron chi connectivity index (χ2n) is 7.10. The van der Waals surface area contributed by atoms with Crippen LogP contribution < -0.4 is 10.6 Å². The number of nitrogens with zero attached hydrogens (tertiary/aromatic N) is 2. The third kappa shape index (κ3) is 8.29. The lowest BCUT2D eigenvalue weighted by Crippen LogP contribution is -2.51. The van der Waals surface area contributed by atoms with Crippen LogP contribution in [0.15, 0.2) is 11.6 Å². The van der Waals surface area contributed by atoms with Crippen molar-refractivity contribution in [2.75, 3.05) is 66.1 Å². The first-order valence-electron chi connectivity index (χ1n) is 9.82. The average Bonchev–Trinajstić information content (AvgIpc) is 2.64. The molecule has 0 unspecified atom stereocenters. The Morgan fingerprint density at radius 1 is 1.00 bits per heavy atom. The molecule has 0 spiro atoms. The van der Waals surface area contributed by atoms with Crippen molar-refractivity contribution >= 4 is 11.8 Å². The Balaban J connectivity index is 1.54. The molecule has 0 atom stereocenters. The third-order valence-electron chi connectivity index (χ3n) is 4.98. The quantitative estimate of drug-likeness (QED) is 0.432. The first-order chi connectivity index (χ1) is 12.7. The van der Waals surface area contributed by atoms with Crippen LogP contribution >= 0.6 is 0 Å². The van der Waals surface area contributed by atoms with E-state index in [1.54, 1.807) is 7.11 Å². The predicted octanol–water partition coefficient (Wildman–Crippen LogP) is 0.373. The van der Waals surface area contributed by atoms with E-state index in [4.69, 9.17) is 4.74 Å². The van der Waals surface area contributed by atoms with E-state index in [9.17, 15) is 9.59 Å². The summed E-state index contributed by atoms with van der Waals surface area (Å²) in [5, 5.41) is 5.87. The number of nitrogens with one attached hydrogen (secondary N) is 2. The maximum atomic E-state index is 12.1. The highest BCUT2D eigenvalue weighted by Gasteiger charge is 2.20. The maximum Gasteiger partial charge on any atom is 0.234 e. The number of hydrogen-bond donors (Lipinski definition) is 2.